The maximum atomic E-state index is 11.4. The van der Waals surface area contributed by atoms with Gasteiger partial charge in [-0.2, -0.15) is 0 Å². The van der Waals surface area contributed by atoms with Gasteiger partial charge in [-0.1, -0.05) is 6.08 Å². The molecule has 3 nitrogen and oxygen atoms in total. The van der Waals surface area contributed by atoms with E-state index in [4.69, 9.17) is 4.74 Å². The summed E-state index contributed by atoms with van der Waals surface area (Å²) >= 11 is 0. The zero-order chi connectivity index (χ0) is 9.84. The first-order valence-corrected chi connectivity index (χ1v) is 4.66. The highest BCUT2D eigenvalue weighted by atomic mass is 16.5. The van der Waals surface area contributed by atoms with Crippen molar-refractivity contribution in [1.82, 2.24) is 0 Å². The molecule has 0 aliphatic heterocycles. The Bertz CT molecular complexity index is 200. The summed E-state index contributed by atoms with van der Waals surface area (Å²) in [5.74, 6) is -0.314. The van der Waals surface area contributed by atoms with E-state index in [1.807, 2.05) is 0 Å². The lowest BCUT2D eigenvalue weighted by molar-refractivity contribution is -0.148. The number of carbonyl (C=O) groups is 1. The van der Waals surface area contributed by atoms with Gasteiger partial charge in [-0.25, -0.2) is 0 Å². The first kappa shape index (κ1) is 10.3. The molecule has 1 rings (SSSR count). The predicted octanol–water partition coefficient (Wildman–Crippen LogP) is 1.12. The van der Waals surface area contributed by atoms with Crippen LogP contribution in [-0.2, 0) is 9.53 Å². The van der Waals surface area contributed by atoms with Gasteiger partial charge in [-0.15, -0.1) is 6.58 Å². The van der Waals surface area contributed by atoms with E-state index in [9.17, 15) is 9.90 Å². The summed E-state index contributed by atoms with van der Waals surface area (Å²) in [6, 6.07) is 0. The highest BCUT2D eigenvalue weighted by molar-refractivity contribution is 5.73. The van der Waals surface area contributed by atoms with Crippen molar-refractivity contribution >= 4 is 5.97 Å². The zero-order valence-electron chi connectivity index (χ0n) is 7.90. The monoisotopic (exact) mass is 184 g/mol. The summed E-state index contributed by atoms with van der Waals surface area (Å²) in [5.41, 5.74) is 0. The normalized spacial score (nSPS) is 32.9. The fraction of sp³-hybridized carbons (Fsp3) is 0.700. The average Bonchev–Trinajstić information content (AvgIpc) is 2.47. The Hall–Kier alpha value is -0.830. The van der Waals surface area contributed by atoms with Gasteiger partial charge in [0.15, 0.2) is 0 Å². The van der Waals surface area contributed by atoms with E-state index in [-0.39, 0.29) is 23.9 Å². The second kappa shape index (κ2) is 4.42. The Kier molecular flexibility index (Phi) is 3.48. The Balaban J connectivity index is 2.57. The molecule has 0 bridgehead atoms. The van der Waals surface area contributed by atoms with Gasteiger partial charge in [0.25, 0.3) is 0 Å². The van der Waals surface area contributed by atoms with Crippen LogP contribution >= 0.6 is 0 Å². The lowest BCUT2D eigenvalue weighted by Crippen LogP contribution is -2.20. The van der Waals surface area contributed by atoms with Crippen molar-refractivity contribution in [3.8, 4) is 0 Å². The molecule has 3 heteroatoms. The zero-order valence-corrected chi connectivity index (χ0v) is 7.90. The highest BCUT2D eigenvalue weighted by Gasteiger charge is 2.37. The van der Waals surface area contributed by atoms with E-state index in [0.29, 0.717) is 19.4 Å². The smallest absolute Gasteiger partial charge is 0.309 e. The average molecular weight is 184 g/mol. The van der Waals surface area contributed by atoms with Gasteiger partial charge in [0.1, 0.15) is 0 Å². The Labute approximate surface area is 78.4 Å². The van der Waals surface area contributed by atoms with Gasteiger partial charge in [0, 0.05) is 0 Å². The standard InChI is InChI=1S/C10H16O3/c1-3-7-5-8(11)6-9(7)10(12)13-4-2/h3,7-9,11H,1,4-6H2,2H3/t7-,8+,9+/m0/s1. The van der Waals surface area contributed by atoms with E-state index in [1.54, 1.807) is 13.0 Å². The number of hydrogen-bond acceptors (Lipinski definition) is 3. The van der Waals surface area contributed by atoms with Crippen molar-refractivity contribution in [2.45, 2.75) is 25.9 Å². The van der Waals surface area contributed by atoms with Crippen LogP contribution in [0.15, 0.2) is 12.7 Å². The topological polar surface area (TPSA) is 46.5 Å². The van der Waals surface area contributed by atoms with Crippen molar-refractivity contribution in [3.05, 3.63) is 12.7 Å². The van der Waals surface area contributed by atoms with Crippen LogP contribution in [-0.4, -0.2) is 23.8 Å². The molecule has 74 valence electrons. The summed E-state index contributed by atoms with van der Waals surface area (Å²) in [4.78, 5) is 11.4. The van der Waals surface area contributed by atoms with Crippen LogP contribution in [0.25, 0.3) is 0 Å². The number of esters is 1. The predicted molar refractivity (Wildman–Crippen MR) is 49.1 cm³/mol. The maximum absolute atomic E-state index is 11.4. The maximum Gasteiger partial charge on any atom is 0.309 e. The van der Waals surface area contributed by atoms with Crippen molar-refractivity contribution in [1.29, 1.82) is 0 Å². The van der Waals surface area contributed by atoms with E-state index < -0.39 is 0 Å². The molecule has 0 aromatic rings. The van der Waals surface area contributed by atoms with Crippen LogP contribution in [0.1, 0.15) is 19.8 Å². The molecule has 0 heterocycles. The third-order valence-corrected chi connectivity index (χ3v) is 2.48. The second-order valence-corrected chi connectivity index (χ2v) is 3.38. The number of aliphatic hydroxyl groups is 1. The van der Waals surface area contributed by atoms with E-state index in [2.05, 4.69) is 6.58 Å². The van der Waals surface area contributed by atoms with Gasteiger partial charge < -0.3 is 9.84 Å². The van der Waals surface area contributed by atoms with Gasteiger partial charge in [-0.3, -0.25) is 4.79 Å². The summed E-state index contributed by atoms with van der Waals surface area (Å²) in [6.45, 7) is 5.83. The summed E-state index contributed by atoms with van der Waals surface area (Å²) < 4.78 is 4.91. The fourth-order valence-corrected chi connectivity index (χ4v) is 1.82. The van der Waals surface area contributed by atoms with Gasteiger partial charge in [0.2, 0.25) is 0 Å². The molecule has 0 spiro atoms. The number of rotatable bonds is 3. The summed E-state index contributed by atoms with van der Waals surface area (Å²) in [6.07, 6.45) is 2.50. The van der Waals surface area contributed by atoms with Crippen molar-refractivity contribution in [3.63, 3.8) is 0 Å². The van der Waals surface area contributed by atoms with Crippen LogP contribution in [0, 0.1) is 11.8 Å². The van der Waals surface area contributed by atoms with Crippen molar-refractivity contribution in [2.24, 2.45) is 11.8 Å². The third kappa shape index (κ3) is 2.31. The largest absolute Gasteiger partial charge is 0.466 e. The van der Waals surface area contributed by atoms with E-state index in [1.165, 1.54) is 0 Å². The number of carbonyl (C=O) groups excluding carboxylic acids is 1. The molecule has 1 aliphatic carbocycles. The SMILES string of the molecule is C=C[C@H]1C[C@@H](O)C[C@H]1C(=O)OCC. The minimum atomic E-state index is -0.377. The highest BCUT2D eigenvalue weighted by Crippen LogP contribution is 2.33. The van der Waals surface area contributed by atoms with Crippen LogP contribution in [0.4, 0.5) is 0 Å². The number of ether oxygens (including phenoxy) is 1. The van der Waals surface area contributed by atoms with Gasteiger partial charge in [0.05, 0.1) is 18.6 Å². The molecule has 1 saturated carbocycles. The minimum Gasteiger partial charge on any atom is -0.466 e. The number of hydrogen-bond donors (Lipinski definition) is 1. The number of allylic oxidation sites excluding steroid dienone is 1. The molecule has 0 amide bonds. The third-order valence-electron chi connectivity index (χ3n) is 2.48. The van der Waals surface area contributed by atoms with E-state index >= 15 is 0 Å². The Morgan fingerprint density at radius 1 is 1.69 bits per heavy atom. The molecule has 0 radical (unpaired) electrons. The molecule has 0 aromatic carbocycles. The minimum absolute atomic E-state index is 0.0778. The molecule has 0 aromatic heterocycles. The molecule has 0 unspecified atom stereocenters. The lowest BCUT2D eigenvalue weighted by Gasteiger charge is -2.13. The van der Waals surface area contributed by atoms with Gasteiger partial charge >= 0.3 is 5.97 Å². The molecular formula is C10H16O3. The Morgan fingerprint density at radius 3 is 2.92 bits per heavy atom. The Morgan fingerprint density at radius 2 is 2.38 bits per heavy atom. The molecule has 1 N–H and O–H groups in total. The quantitative estimate of drug-likeness (QED) is 0.528. The lowest BCUT2D eigenvalue weighted by atomic mass is 9.97. The van der Waals surface area contributed by atoms with Crippen LogP contribution in [0.2, 0.25) is 0 Å². The van der Waals surface area contributed by atoms with Crippen LogP contribution < -0.4 is 0 Å². The first-order valence-electron chi connectivity index (χ1n) is 4.66. The fourth-order valence-electron chi connectivity index (χ4n) is 1.82. The van der Waals surface area contributed by atoms with Gasteiger partial charge in [-0.05, 0) is 25.7 Å². The molecule has 0 saturated heterocycles. The second-order valence-electron chi connectivity index (χ2n) is 3.38. The van der Waals surface area contributed by atoms with Crippen molar-refractivity contribution in [2.75, 3.05) is 6.61 Å². The van der Waals surface area contributed by atoms with Crippen LogP contribution in [0.5, 0.6) is 0 Å². The number of aliphatic hydroxyl groups excluding tert-OH is 1. The molecule has 1 aliphatic rings. The van der Waals surface area contributed by atoms with Crippen LogP contribution in [0.3, 0.4) is 0 Å². The molecule has 13 heavy (non-hydrogen) atoms. The summed E-state index contributed by atoms with van der Waals surface area (Å²) in [5, 5.41) is 9.36. The van der Waals surface area contributed by atoms with E-state index in [0.717, 1.165) is 0 Å². The van der Waals surface area contributed by atoms with Crippen molar-refractivity contribution < 1.29 is 14.6 Å². The first-order chi connectivity index (χ1) is 6.19. The molecule has 3 atom stereocenters. The summed E-state index contributed by atoms with van der Waals surface area (Å²) in [7, 11) is 0. The molecular weight excluding hydrogens is 168 g/mol. The molecule has 1 fully saturated rings.